The SMILES string of the molecule is O=C(CC1CCNN1)NC1CCN(c2ccc(F)c(Cl)c2)C1. The van der Waals surface area contributed by atoms with E-state index in [0.29, 0.717) is 6.42 Å². The molecule has 0 aromatic heterocycles. The number of hydrogen-bond donors (Lipinski definition) is 3. The number of nitrogens with zero attached hydrogens (tertiary/aromatic N) is 1. The normalized spacial score (nSPS) is 24.7. The smallest absolute Gasteiger partial charge is 0.221 e. The van der Waals surface area contributed by atoms with Crippen LogP contribution in [0.15, 0.2) is 18.2 Å². The maximum absolute atomic E-state index is 13.2. The lowest BCUT2D eigenvalue weighted by atomic mass is 10.1. The molecule has 3 N–H and O–H groups in total. The molecule has 2 aliphatic rings. The lowest BCUT2D eigenvalue weighted by Crippen LogP contribution is -2.40. The molecule has 2 heterocycles. The molecule has 2 unspecified atom stereocenters. The number of anilines is 1. The first-order chi connectivity index (χ1) is 10.6. The highest BCUT2D eigenvalue weighted by Crippen LogP contribution is 2.25. The van der Waals surface area contributed by atoms with Crippen molar-refractivity contribution in [1.29, 1.82) is 0 Å². The van der Waals surface area contributed by atoms with E-state index < -0.39 is 5.82 Å². The summed E-state index contributed by atoms with van der Waals surface area (Å²) in [5, 5.41) is 3.21. The predicted octanol–water partition coefficient (Wildman–Crippen LogP) is 1.43. The number of nitrogens with one attached hydrogen (secondary N) is 3. The summed E-state index contributed by atoms with van der Waals surface area (Å²) < 4.78 is 13.2. The van der Waals surface area contributed by atoms with Crippen molar-refractivity contribution < 1.29 is 9.18 Å². The van der Waals surface area contributed by atoms with Gasteiger partial charge in [0.05, 0.1) is 5.02 Å². The van der Waals surface area contributed by atoms with Crippen LogP contribution in [0.4, 0.5) is 10.1 Å². The molecule has 1 aromatic rings. The lowest BCUT2D eigenvalue weighted by molar-refractivity contribution is -0.122. The molecule has 2 fully saturated rings. The van der Waals surface area contributed by atoms with E-state index >= 15 is 0 Å². The predicted molar refractivity (Wildman–Crippen MR) is 84.3 cm³/mol. The minimum Gasteiger partial charge on any atom is -0.369 e. The highest BCUT2D eigenvalue weighted by Gasteiger charge is 2.26. The Morgan fingerprint density at radius 1 is 1.45 bits per heavy atom. The van der Waals surface area contributed by atoms with E-state index in [2.05, 4.69) is 21.1 Å². The quantitative estimate of drug-likeness (QED) is 0.783. The monoisotopic (exact) mass is 326 g/mol. The molecule has 1 amide bonds. The average molecular weight is 327 g/mol. The first-order valence-corrected chi connectivity index (χ1v) is 7.97. The van der Waals surface area contributed by atoms with Crippen molar-refractivity contribution in [2.45, 2.75) is 31.3 Å². The summed E-state index contributed by atoms with van der Waals surface area (Å²) in [6.07, 6.45) is 2.35. The van der Waals surface area contributed by atoms with Gasteiger partial charge >= 0.3 is 0 Å². The molecular formula is C15H20ClFN4O. The van der Waals surface area contributed by atoms with Crippen LogP contribution >= 0.6 is 11.6 Å². The molecule has 7 heteroatoms. The van der Waals surface area contributed by atoms with Crippen LogP contribution in [0.1, 0.15) is 19.3 Å². The van der Waals surface area contributed by atoms with Crippen molar-refractivity contribution in [1.82, 2.24) is 16.2 Å². The van der Waals surface area contributed by atoms with Gasteiger partial charge in [-0.15, -0.1) is 0 Å². The van der Waals surface area contributed by atoms with Gasteiger partial charge in [0.15, 0.2) is 0 Å². The second kappa shape index (κ2) is 6.81. The summed E-state index contributed by atoms with van der Waals surface area (Å²) in [5.74, 6) is -0.336. The van der Waals surface area contributed by atoms with Gasteiger partial charge in [0.25, 0.3) is 0 Å². The van der Waals surface area contributed by atoms with E-state index in [1.54, 1.807) is 12.1 Å². The van der Waals surface area contributed by atoms with E-state index in [1.165, 1.54) is 6.07 Å². The van der Waals surface area contributed by atoms with Crippen molar-refractivity contribution in [2.24, 2.45) is 0 Å². The Kier molecular flexibility index (Phi) is 4.81. The maximum atomic E-state index is 13.2. The number of benzene rings is 1. The highest BCUT2D eigenvalue weighted by atomic mass is 35.5. The topological polar surface area (TPSA) is 56.4 Å². The molecule has 3 rings (SSSR count). The molecule has 2 aliphatic heterocycles. The van der Waals surface area contributed by atoms with E-state index in [9.17, 15) is 9.18 Å². The van der Waals surface area contributed by atoms with E-state index in [0.717, 1.165) is 38.2 Å². The Morgan fingerprint density at radius 3 is 3.05 bits per heavy atom. The molecule has 0 saturated carbocycles. The van der Waals surface area contributed by atoms with Crippen LogP contribution in [0, 0.1) is 5.82 Å². The fraction of sp³-hybridized carbons (Fsp3) is 0.533. The Balaban J connectivity index is 1.51. The first-order valence-electron chi connectivity index (χ1n) is 7.59. The zero-order valence-electron chi connectivity index (χ0n) is 12.2. The Hall–Kier alpha value is -1.37. The third kappa shape index (κ3) is 3.69. The summed E-state index contributed by atoms with van der Waals surface area (Å²) in [6, 6.07) is 5.08. The van der Waals surface area contributed by atoms with Gasteiger partial charge in [0, 0.05) is 43.8 Å². The summed E-state index contributed by atoms with van der Waals surface area (Å²) in [6.45, 7) is 2.46. The number of hydrogen-bond acceptors (Lipinski definition) is 4. The van der Waals surface area contributed by atoms with Gasteiger partial charge < -0.3 is 10.2 Å². The van der Waals surface area contributed by atoms with E-state index in [-0.39, 0.29) is 23.0 Å². The van der Waals surface area contributed by atoms with Crippen molar-refractivity contribution >= 4 is 23.2 Å². The zero-order chi connectivity index (χ0) is 15.5. The van der Waals surface area contributed by atoms with Crippen LogP contribution in [0.25, 0.3) is 0 Å². The van der Waals surface area contributed by atoms with Crippen LogP contribution in [0.5, 0.6) is 0 Å². The Labute approximate surface area is 134 Å². The highest BCUT2D eigenvalue weighted by molar-refractivity contribution is 6.31. The fourth-order valence-electron chi connectivity index (χ4n) is 2.99. The van der Waals surface area contributed by atoms with Crippen LogP contribution in [0.3, 0.4) is 0 Å². The minimum absolute atomic E-state index is 0.0742. The van der Waals surface area contributed by atoms with Gasteiger partial charge in [-0.05, 0) is 31.0 Å². The molecule has 120 valence electrons. The summed E-state index contributed by atoms with van der Waals surface area (Å²) in [7, 11) is 0. The van der Waals surface area contributed by atoms with Crippen LogP contribution in [-0.2, 0) is 4.79 Å². The van der Waals surface area contributed by atoms with E-state index in [1.807, 2.05) is 0 Å². The van der Waals surface area contributed by atoms with Gasteiger partial charge in [-0.3, -0.25) is 15.6 Å². The number of halogens is 2. The number of hydrazine groups is 1. The maximum Gasteiger partial charge on any atom is 0.221 e. The third-order valence-electron chi connectivity index (χ3n) is 4.18. The van der Waals surface area contributed by atoms with E-state index in [4.69, 9.17) is 11.6 Å². The Morgan fingerprint density at radius 2 is 2.32 bits per heavy atom. The van der Waals surface area contributed by atoms with Crippen molar-refractivity contribution in [3.05, 3.63) is 29.0 Å². The van der Waals surface area contributed by atoms with Crippen LogP contribution in [-0.4, -0.2) is 37.6 Å². The average Bonchev–Trinajstić information content (AvgIpc) is 3.13. The number of rotatable bonds is 4. The van der Waals surface area contributed by atoms with Gasteiger partial charge in [0.2, 0.25) is 5.91 Å². The molecule has 0 radical (unpaired) electrons. The molecule has 0 bridgehead atoms. The summed E-state index contributed by atoms with van der Waals surface area (Å²) in [5.41, 5.74) is 7.01. The summed E-state index contributed by atoms with van der Waals surface area (Å²) in [4.78, 5) is 14.1. The summed E-state index contributed by atoms with van der Waals surface area (Å²) >= 11 is 5.82. The molecule has 1 aromatic carbocycles. The molecule has 0 aliphatic carbocycles. The van der Waals surface area contributed by atoms with Crippen molar-refractivity contribution in [2.75, 3.05) is 24.5 Å². The molecule has 2 saturated heterocycles. The molecular weight excluding hydrogens is 307 g/mol. The third-order valence-corrected chi connectivity index (χ3v) is 4.47. The van der Waals surface area contributed by atoms with Crippen molar-refractivity contribution in [3.8, 4) is 0 Å². The lowest BCUT2D eigenvalue weighted by Gasteiger charge is -2.20. The van der Waals surface area contributed by atoms with Gasteiger partial charge in [-0.2, -0.15) is 0 Å². The molecule has 0 spiro atoms. The standard InChI is InChI=1S/C15H20ClFN4O/c16-13-8-12(1-2-14(13)17)21-6-4-11(9-21)19-15(22)7-10-3-5-18-20-10/h1-2,8,10-11,18,20H,3-7,9H2,(H,19,22). The second-order valence-electron chi connectivity index (χ2n) is 5.86. The Bertz CT molecular complexity index is 550. The number of carbonyl (C=O) groups is 1. The zero-order valence-corrected chi connectivity index (χ0v) is 13.0. The fourth-order valence-corrected chi connectivity index (χ4v) is 3.17. The van der Waals surface area contributed by atoms with Gasteiger partial charge in [0.1, 0.15) is 5.82 Å². The van der Waals surface area contributed by atoms with Gasteiger partial charge in [-0.25, -0.2) is 4.39 Å². The van der Waals surface area contributed by atoms with Gasteiger partial charge in [-0.1, -0.05) is 11.6 Å². The van der Waals surface area contributed by atoms with Crippen molar-refractivity contribution in [3.63, 3.8) is 0 Å². The number of carbonyl (C=O) groups excluding carboxylic acids is 1. The molecule has 2 atom stereocenters. The van der Waals surface area contributed by atoms with Crippen LogP contribution < -0.4 is 21.1 Å². The molecule has 5 nitrogen and oxygen atoms in total. The second-order valence-corrected chi connectivity index (χ2v) is 6.27. The minimum atomic E-state index is -0.410. The largest absolute Gasteiger partial charge is 0.369 e. The van der Waals surface area contributed by atoms with Crippen LogP contribution in [0.2, 0.25) is 5.02 Å². The molecule has 22 heavy (non-hydrogen) atoms. The number of amides is 1. The first kappa shape index (κ1) is 15.5.